The zero-order chi connectivity index (χ0) is 14.1. The van der Waals surface area contributed by atoms with Crippen LogP contribution in [0.3, 0.4) is 0 Å². The van der Waals surface area contributed by atoms with Gasteiger partial charge in [0.1, 0.15) is 0 Å². The molecule has 0 bridgehead atoms. The fraction of sp³-hybridized carbons (Fsp3) is 0.118. The molecule has 1 aromatic heterocycles. The highest BCUT2D eigenvalue weighted by Crippen LogP contribution is 2.29. The van der Waals surface area contributed by atoms with Gasteiger partial charge in [0.25, 0.3) is 0 Å². The third-order valence-electron chi connectivity index (χ3n) is 3.48. The molecule has 3 rings (SSSR count). The Bertz CT molecular complexity index is 728. The van der Waals surface area contributed by atoms with Crippen LogP contribution < -0.4 is 0 Å². The van der Waals surface area contributed by atoms with Crippen molar-refractivity contribution in [2.24, 2.45) is 0 Å². The van der Waals surface area contributed by atoms with Gasteiger partial charge in [0.05, 0.1) is 17.1 Å². The van der Waals surface area contributed by atoms with Gasteiger partial charge in [0, 0.05) is 10.6 Å². The number of nitrogens with zero attached hydrogens (tertiary/aromatic N) is 2. The summed E-state index contributed by atoms with van der Waals surface area (Å²) in [4.78, 5) is 0. The van der Waals surface area contributed by atoms with Crippen LogP contribution in [-0.2, 0) is 0 Å². The molecule has 3 heteroatoms. The summed E-state index contributed by atoms with van der Waals surface area (Å²) in [6, 6.07) is 18.1. The van der Waals surface area contributed by atoms with Crippen molar-refractivity contribution >= 4 is 11.6 Å². The van der Waals surface area contributed by atoms with Crippen LogP contribution in [0.2, 0.25) is 5.02 Å². The van der Waals surface area contributed by atoms with Crippen molar-refractivity contribution in [1.29, 1.82) is 0 Å². The first-order valence-electron chi connectivity index (χ1n) is 6.54. The summed E-state index contributed by atoms with van der Waals surface area (Å²) in [6.45, 7) is 4.14. The molecule has 0 saturated carbocycles. The lowest BCUT2D eigenvalue weighted by Gasteiger charge is -2.09. The van der Waals surface area contributed by atoms with Gasteiger partial charge in [0.15, 0.2) is 0 Å². The van der Waals surface area contributed by atoms with Crippen molar-refractivity contribution in [3.05, 3.63) is 70.9 Å². The van der Waals surface area contributed by atoms with E-state index in [1.807, 2.05) is 54.1 Å². The Hall–Kier alpha value is -2.06. The van der Waals surface area contributed by atoms with E-state index in [1.165, 1.54) is 5.56 Å². The van der Waals surface area contributed by atoms with Crippen LogP contribution in [0.4, 0.5) is 0 Å². The largest absolute Gasteiger partial charge is 0.233 e. The Kier molecular flexibility index (Phi) is 3.33. The summed E-state index contributed by atoms with van der Waals surface area (Å²) in [5.41, 5.74) is 5.53. The monoisotopic (exact) mass is 282 g/mol. The average Bonchev–Trinajstić information content (AvgIpc) is 2.77. The Balaban J connectivity index is 2.22. The van der Waals surface area contributed by atoms with E-state index in [0.717, 1.165) is 27.7 Å². The molecule has 0 aliphatic carbocycles. The van der Waals surface area contributed by atoms with Gasteiger partial charge in [-0.25, -0.2) is 4.68 Å². The summed E-state index contributed by atoms with van der Waals surface area (Å²) in [5.74, 6) is 0. The minimum absolute atomic E-state index is 0.744. The van der Waals surface area contributed by atoms with E-state index >= 15 is 0 Å². The molecule has 0 N–H and O–H groups in total. The maximum absolute atomic E-state index is 5.98. The van der Waals surface area contributed by atoms with Gasteiger partial charge >= 0.3 is 0 Å². The Labute approximate surface area is 123 Å². The van der Waals surface area contributed by atoms with Gasteiger partial charge in [-0.1, -0.05) is 41.9 Å². The number of hydrogen-bond donors (Lipinski definition) is 0. The van der Waals surface area contributed by atoms with E-state index in [-0.39, 0.29) is 0 Å². The molecular weight excluding hydrogens is 268 g/mol. The molecule has 2 aromatic carbocycles. The summed E-state index contributed by atoms with van der Waals surface area (Å²) < 4.78 is 1.99. The third-order valence-corrected chi connectivity index (χ3v) is 3.73. The van der Waals surface area contributed by atoms with Gasteiger partial charge in [-0.05, 0) is 43.7 Å². The fourth-order valence-corrected chi connectivity index (χ4v) is 2.43. The number of rotatable bonds is 2. The first-order chi connectivity index (χ1) is 9.66. The molecule has 0 aliphatic rings. The van der Waals surface area contributed by atoms with Gasteiger partial charge in [-0.2, -0.15) is 5.10 Å². The van der Waals surface area contributed by atoms with E-state index in [1.54, 1.807) is 0 Å². The maximum Gasteiger partial charge on any atom is 0.0772 e. The highest BCUT2D eigenvalue weighted by Gasteiger charge is 2.14. The minimum Gasteiger partial charge on any atom is -0.233 e. The molecule has 0 unspecified atom stereocenters. The molecule has 0 spiro atoms. The van der Waals surface area contributed by atoms with Crippen LogP contribution in [0.15, 0.2) is 54.6 Å². The second-order valence-electron chi connectivity index (χ2n) is 4.81. The van der Waals surface area contributed by atoms with E-state index < -0.39 is 0 Å². The standard InChI is InChI=1S/C17H15ClN2/c1-12-13(2)19-20(16-6-4-3-5-7-16)17(12)14-8-10-15(18)11-9-14/h3-11H,1-2H3. The molecule has 0 saturated heterocycles. The maximum atomic E-state index is 5.98. The van der Waals surface area contributed by atoms with Crippen molar-refractivity contribution in [3.8, 4) is 16.9 Å². The number of hydrogen-bond acceptors (Lipinski definition) is 1. The Morgan fingerprint density at radius 2 is 1.55 bits per heavy atom. The van der Waals surface area contributed by atoms with E-state index in [9.17, 15) is 0 Å². The lowest BCUT2D eigenvalue weighted by atomic mass is 10.1. The van der Waals surface area contributed by atoms with Crippen LogP contribution in [0.25, 0.3) is 16.9 Å². The predicted octanol–water partition coefficient (Wildman–Crippen LogP) is 4.81. The molecule has 0 fully saturated rings. The molecule has 0 aliphatic heterocycles. The molecule has 0 radical (unpaired) electrons. The van der Waals surface area contributed by atoms with Crippen molar-refractivity contribution in [2.75, 3.05) is 0 Å². The molecule has 1 heterocycles. The van der Waals surface area contributed by atoms with E-state index in [2.05, 4.69) is 24.2 Å². The Morgan fingerprint density at radius 3 is 2.20 bits per heavy atom. The third kappa shape index (κ3) is 2.23. The topological polar surface area (TPSA) is 17.8 Å². The average molecular weight is 283 g/mol. The Morgan fingerprint density at radius 1 is 0.900 bits per heavy atom. The smallest absolute Gasteiger partial charge is 0.0772 e. The number of para-hydroxylation sites is 1. The highest BCUT2D eigenvalue weighted by molar-refractivity contribution is 6.30. The van der Waals surface area contributed by atoms with Crippen LogP contribution in [0.5, 0.6) is 0 Å². The highest BCUT2D eigenvalue weighted by atomic mass is 35.5. The van der Waals surface area contributed by atoms with Crippen molar-refractivity contribution in [1.82, 2.24) is 9.78 Å². The summed E-state index contributed by atoms with van der Waals surface area (Å²) in [7, 11) is 0. The van der Waals surface area contributed by atoms with E-state index in [0.29, 0.717) is 0 Å². The molecule has 20 heavy (non-hydrogen) atoms. The van der Waals surface area contributed by atoms with Crippen LogP contribution >= 0.6 is 11.6 Å². The molecule has 3 aromatic rings. The number of aromatic nitrogens is 2. The predicted molar refractivity (Wildman–Crippen MR) is 83.5 cm³/mol. The summed E-state index contributed by atoms with van der Waals surface area (Å²) in [6.07, 6.45) is 0. The quantitative estimate of drug-likeness (QED) is 0.659. The zero-order valence-corrected chi connectivity index (χ0v) is 12.2. The number of benzene rings is 2. The number of aryl methyl sites for hydroxylation is 1. The molecule has 0 amide bonds. The second-order valence-corrected chi connectivity index (χ2v) is 5.25. The summed E-state index contributed by atoms with van der Waals surface area (Å²) >= 11 is 5.98. The van der Waals surface area contributed by atoms with E-state index in [4.69, 9.17) is 11.6 Å². The molecule has 100 valence electrons. The van der Waals surface area contributed by atoms with Gasteiger partial charge in [-0.15, -0.1) is 0 Å². The zero-order valence-electron chi connectivity index (χ0n) is 11.5. The molecule has 0 atom stereocenters. The fourth-order valence-electron chi connectivity index (χ4n) is 2.31. The first kappa shape index (κ1) is 12.9. The van der Waals surface area contributed by atoms with Gasteiger partial charge < -0.3 is 0 Å². The van der Waals surface area contributed by atoms with Crippen LogP contribution in [0.1, 0.15) is 11.3 Å². The normalized spacial score (nSPS) is 10.8. The van der Waals surface area contributed by atoms with Crippen molar-refractivity contribution < 1.29 is 0 Å². The first-order valence-corrected chi connectivity index (χ1v) is 6.92. The van der Waals surface area contributed by atoms with Crippen LogP contribution in [-0.4, -0.2) is 9.78 Å². The SMILES string of the molecule is Cc1nn(-c2ccccc2)c(-c2ccc(Cl)cc2)c1C. The minimum atomic E-state index is 0.744. The molecule has 2 nitrogen and oxygen atoms in total. The second kappa shape index (κ2) is 5.14. The number of halogens is 1. The van der Waals surface area contributed by atoms with Gasteiger partial charge in [0.2, 0.25) is 0 Å². The van der Waals surface area contributed by atoms with Crippen molar-refractivity contribution in [3.63, 3.8) is 0 Å². The van der Waals surface area contributed by atoms with Crippen LogP contribution in [0, 0.1) is 13.8 Å². The summed E-state index contributed by atoms with van der Waals surface area (Å²) in [5, 5.41) is 5.41. The molecular formula is C17H15ClN2. The lowest BCUT2D eigenvalue weighted by Crippen LogP contribution is -1.99. The lowest BCUT2D eigenvalue weighted by molar-refractivity contribution is 0.869. The van der Waals surface area contributed by atoms with Gasteiger partial charge in [-0.3, -0.25) is 0 Å². The van der Waals surface area contributed by atoms with Crippen molar-refractivity contribution in [2.45, 2.75) is 13.8 Å².